The number of nitrogens with one attached hydrogen (secondary N) is 1. The zero-order valence-corrected chi connectivity index (χ0v) is 14.5. The maximum atomic E-state index is 5.95. The first kappa shape index (κ1) is 16.3. The zero-order valence-electron chi connectivity index (χ0n) is 12.2. The average molecular weight is 369 g/mol. The second-order valence-electron chi connectivity index (χ2n) is 5.20. The smallest absolute Gasteiger partial charge is 0.124 e. The maximum absolute atomic E-state index is 5.95. The highest BCUT2D eigenvalue weighted by molar-refractivity contribution is 9.10. The predicted octanol–water partition coefficient (Wildman–Crippen LogP) is 5.18. The van der Waals surface area contributed by atoms with Crippen LogP contribution >= 0.6 is 27.5 Å². The van der Waals surface area contributed by atoms with Gasteiger partial charge in [0.25, 0.3) is 0 Å². The molecule has 0 fully saturated rings. The summed E-state index contributed by atoms with van der Waals surface area (Å²) in [5.41, 5.74) is 2.25. The molecule has 2 aromatic carbocycles. The predicted molar refractivity (Wildman–Crippen MR) is 91.9 cm³/mol. The average Bonchev–Trinajstić information content (AvgIpc) is 2.45. The summed E-state index contributed by atoms with van der Waals surface area (Å²) in [6.07, 6.45) is 0. The first-order valence-electron chi connectivity index (χ1n) is 6.93. The Bertz CT molecular complexity index is 584. The molecular weight excluding hydrogens is 350 g/mol. The van der Waals surface area contributed by atoms with E-state index >= 15 is 0 Å². The van der Waals surface area contributed by atoms with E-state index in [0.29, 0.717) is 12.6 Å². The van der Waals surface area contributed by atoms with E-state index in [9.17, 15) is 0 Å². The molecule has 2 nitrogen and oxygen atoms in total. The summed E-state index contributed by atoms with van der Waals surface area (Å²) in [6.45, 7) is 5.58. The zero-order chi connectivity index (χ0) is 15.2. The van der Waals surface area contributed by atoms with Crippen molar-refractivity contribution in [3.63, 3.8) is 0 Å². The Balaban J connectivity index is 2.06. The van der Waals surface area contributed by atoms with Gasteiger partial charge in [0.2, 0.25) is 0 Å². The van der Waals surface area contributed by atoms with Crippen molar-refractivity contribution in [1.29, 1.82) is 0 Å². The number of halogens is 2. The van der Waals surface area contributed by atoms with Crippen molar-refractivity contribution in [2.24, 2.45) is 0 Å². The molecule has 21 heavy (non-hydrogen) atoms. The monoisotopic (exact) mass is 367 g/mol. The van der Waals surface area contributed by atoms with Gasteiger partial charge in [0, 0.05) is 27.6 Å². The second kappa shape index (κ2) is 7.83. The van der Waals surface area contributed by atoms with Gasteiger partial charge in [-0.2, -0.15) is 0 Å². The summed E-state index contributed by atoms with van der Waals surface area (Å²) in [6, 6.07) is 14.2. The Hall–Kier alpha value is -1.03. The van der Waals surface area contributed by atoms with E-state index in [1.54, 1.807) is 0 Å². The molecule has 0 radical (unpaired) electrons. The van der Waals surface area contributed by atoms with Crippen LogP contribution < -0.4 is 10.1 Å². The van der Waals surface area contributed by atoms with Crippen LogP contribution in [0.4, 0.5) is 0 Å². The maximum Gasteiger partial charge on any atom is 0.124 e. The van der Waals surface area contributed by atoms with Crippen LogP contribution in [-0.4, -0.2) is 6.04 Å². The number of ether oxygens (including phenoxy) is 1. The molecule has 0 heterocycles. The molecule has 0 aliphatic carbocycles. The second-order valence-corrected chi connectivity index (χ2v) is 6.55. The van der Waals surface area contributed by atoms with Gasteiger partial charge in [-0.25, -0.2) is 0 Å². The fraction of sp³-hybridized carbons (Fsp3) is 0.294. The third-order valence-electron chi connectivity index (χ3n) is 3.03. The fourth-order valence-corrected chi connectivity index (χ4v) is 2.42. The Kier molecular flexibility index (Phi) is 6.09. The molecule has 4 heteroatoms. The minimum atomic E-state index is 0.438. The van der Waals surface area contributed by atoms with Crippen LogP contribution in [0.1, 0.15) is 25.0 Å². The van der Waals surface area contributed by atoms with E-state index in [1.807, 2.05) is 36.4 Å². The molecule has 0 amide bonds. The summed E-state index contributed by atoms with van der Waals surface area (Å²) in [4.78, 5) is 0. The minimum Gasteiger partial charge on any atom is -0.489 e. The van der Waals surface area contributed by atoms with Gasteiger partial charge < -0.3 is 10.1 Å². The number of benzene rings is 2. The number of hydrogen-bond donors (Lipinski definition) is 1. The Morgan fingerprint density at radius 3 is 2.52 bits per heavy atom. The lowest BCUT2D eigenvalue weighted by Crippen LogP contribution is -2.22. The summed E-state index contributed by atoms with van der Waals surface area (Å²) in [5, 5.41) is 4.16. The molecule has 0 atom stereocenters. The van der Waals surface area contributed by atoms with Gasteiger partial charge >= 0.3 is 0 Å². The van der Waals surface area contributed by atoms with Crippen LogP contribution in [0.25, 0.3) is 0 Å². The molecule has 112 valence electrons. The highest BCUT2D eigenvalue weighted by Gasteiger charge is 2.06. The van der Waals surface area contributed by atoms with Gasteiger partial charge in [-0.15, -0.1) is 0 Å². The lowest BCUT2D eigenvalue weighted by molar-refractivity contribution is 0.301. The van der Waals surface area contributed by atoms with Crippen molar-refractivity contribution >= 4 is 27.5 Å². The van der Waals surface area contributed by atoms with Crippen molar-refractivity contribution in [3.05, 3.63) is 63.1 Å². The van der Waals surface area contributed by atoms with E-state index in [1.165, 1.54) is 0 Å². The van der Waals surface area contributed by atoms with Crippen LogP contribution in [0, 0.1) is 0 Å². The molecule has 0 bridgehead atoms. The molecule has 0 saturated heterocycles. The lowest BCUT2D eigenvalue weighted by atomic mass is 10.2. The van der Waals surface area contributed by atoms with E-state index in [-0.39, 0.29) is 0 Å². The van der Waals surface area contributed by atoms with Crippen LogP contribution in [0.2, 0.25) is 5.02 Å². The van der Waals surface area contributed by atoms with Crippen molar-refractivity contribution < 1.29 is 4.74 Å². The Morgan fingerprint density at radius 2 is 1.86 bits per heavy atom. The van der Waals surface area contributed by atoms with E-state index < -0.39 is 0 Å². The molecule has 2 aromatic rings. The summed E-state index contributed by atoms with van der Waals surface area (Å²) in [7, 11) is 0. The molecule has 2 rings (SSSR count). The van der Waals surface area contributed by atoms with Crippen molar-refractivity contribution in [1.82, 2.24) is 5.32 Å². The van der Waals surface area contributed by atoms with Crippen molar-refractivity contribution in [2.45, 2.75) is 33.0 Å². The molecule has 0 aromatic heterocycles. The number of hydrogen-bond acceptors (Lipinski definition) is 2. The standard InChI is InChI=1S/C17H19BrClNO/c1-12(2)20-10-14-9-15(18)5-8-17(14)21-11-13-3-6-16(19)7-4-13/h3-9,12,20H,10-11H2,1-2H3. The quantitative estimate of drug-likeness (QED) is 0.758. The SMILES string of the molecule is CC(C)NCc1cc(Br)ccc1OCc1ccc(Cl)cc1. The normalized spacial score (nSPS) is 10.9. The third-order valence-corrected chi connectivity index (χ3v) is 3.78. The topological polar surface area (TPSA) is 21.3 Å². The van der Waals surface area contributed by atoms with E-state index in [4.69, 9.17) is 16.3 Å². The molecule has 0 aliphatic heterocycles. The Morgan fingerprint density at radius 1 is 1.14 bits per heavy atom. The van der Waals surface area contributed by atoms with Gasteiger partial charge in [0.05, 0.1) is 0 Å². The summed E-state index contributed by atoms with van der Waals surface area (Å²) in [5.74, 6) is 0.904. The van der Waals surface area contributed by atoms with Crippen LogP contribution in [0.3, 0.4) is 0 Å². The Labute approximate surface area is 139 Å². The van der Waals surface area contributed by atoms with Gasteiger partial charge in [0.15, 0.2) is 0 Å². The van der Waals surface area contributed by atoms with Crippen LogP contribution in [-0.2, 0) is 13.2 Å². The van der Waals surface area contributed by atoms with E-state index in [0.717, 1.165) is 32.9 Å². The van der Waals surface area contributed by atoms with Crippen molar-refractivity contribution in [3.8, 4) is 5.75 Å². The van der Waals surface area contributed by atoms with Crippen LogP contribution in [0.5, 0.6) is 5.75 Å². The van der Waals surface area contributed by atoms with Crippen LogP contribution in [0.15, 0.2) is 46.9 Å². The molecule has 0 spiro atoms. The third kappa shape index (κ3) is 5.34. The minimum absolute atomic E-state index is 0.438. The van der Waals surface area contributed by atoms with Gasteiger partial charge in [-0.1, -0.05) is 53.5 Å². The summed E-state index contributed by atoms with van der Waals surface area (Å²) >= 11 is 9.40. The molecule has 0 saturated carbocycles. The fourth-order valence-electron chi connectivity index (χ4n) is 1.88. The lowest BCUT2D eigenvalue weighted by Gasteiger charge is -2.14. The van der Waals surface area contributed by atoms with Gasteiger partial charge in [-0.3, -0.25) is 0 Å². The highest BCUT2D eigenvalue weighted by Crippen LogP contribution is 2.24. The van der Waals surface area contributed by atoms with Gasteiger partial charge in [-0.05, 0) is 35.9 Å². The first-order valence-corrected chi connectivity index (χ1v) is 8.11. The first-order chi connectivity index (χ1) is 10.0. The van der Waals surface area contributed by atoms with Gasteiger partial charge in [0.1, 0.15) is 12.4 Å². The molecule has 0 unspecified atom stereocenters. The molecule has 1 N–H and O–H groups in total. The molecule has 0 aliphatic rings. The largest absolute Gasteiger partial charge is 0.489 e. The summed E-state index contributed by atoms with van der Waals surface area (Å²) < 4.78 is 7.00. The molecular formula is C17H19BrClNO. The van der Waals surface area contributed by atoms with Crippen molar-refractivity contribution in [2.75, 3.05) is 0 Å². The van der Waals surface area contributed by atoms with E-state index in [2.05, 4.69) is 41.2 Å². The number of rotatable bonds is 6. The highest BCUT2D eigenvalue weighted by atomic mass is 79.9.